The molecule has 0 atom stereocenters. The Labute approximate surface area is 114 Å². The average Bonchev–Trinajstić information content (AvgIpc) is 3.00. The Kier molecular flexibility index (Phi) is 2.20. The number of hydrogen-bond acceptors (Lipinski definition) is 4. The lowest BCUT2D eigenvalue weighted by atomic mass is 10.1. The number of nitrogens with one attached hydrogen (secondary N) is 1. The van der Waals surface area contributed by atoms with E-state index in [-0.39, 0.29) is 17.5 Å². The summed E-state index contributed by atoms with van der Waals surface area (Å²) in [5.41, 5.74) is 8.93. The van der Waals surface area contributed by atoms with Crippen molar-refractivity contribution in [1.29, 1.82) is 0 Å². The molecule has 0 radical (unpaired) electrons. The van der Waals surface area contributed by atoms with Crippen molar-refractivity contribution < 1.29 is 0 Å². The number of aromatic amines is 1. The van der Waals surface area contributed by atoms with E-state index in [4.69, 9.17) is 5.73 Å². The van der Waals surface area contributed by atoms with Crippen molar-refractivity contribution in [3.8, 4) is 0 Å². The van der Waals surface area contributed by atoms with Crippen molar-refractivity contribution >= 4 is 17.1 Å². The molecule has 6 heteroatoms. The lowest BCUT2D eigenvalue weighted by Crippen LogP contribution is -2.14. The van der Waals surface area contributed by atoms with Gasteiger partial charge in [0, 0.05) is 6.04 Å². The maximum atomic E-state index is 11.8. The maximum Gasteiger partial charge on any atom is 0.280 e. The molecule has 1 aromatic carbocycles. The molecule has 3 N–H and O–H groups in total. The van der Waals surface area contributed by atoms with Gasteiger partial charge < -0.3 is 10.3 Å². The predicted octanol–water partition coefficient (Wildman–Crippen LogP) is 1.04. The summed E-state index contributed by atoms with van der Waals surface area (Å²) in [5.74, 6) is 0.125. The summed E-state index contributed by atoms with van der Waals surface area (Å²) in [6, 6.07) is 8.63. The highest BCUT2D eigenvalue weighted by molar-refractivity contribution is 5.70. The largest absolute Gasteiger partial charge is 0.369 e. The number of imidazole rings is 1. The first-order valence-corrected chi connectivity index (χ1v) is 6.51. The lowest BCUT2D eigenvalue weighted by Gasteiger charge is -2.11. The maximum absolute atomic E-state index is 11.8. The van der Waals surface area contributed by atoms with Crippen LogP contribution in [0.1, 0.15) is 17.2 Å². The van der Waals surface area contributed by atoms with Crippen molar-refractivity contribution in [1.82, 2.24) is 19.5 Å². The molecule has 1 aliphatic rings. The molecule has 0 saturated heterocycles. The fraction of sp³-hybridized carbons (Fsp3) is 0.214. The summed E-state index contributed by atoms with van der Waals surface area (Å²) in [6.45, 7) is 0. The van der Waals surface area contributed by atoms with Gasteiger partial charge in [-0.1, -0.05) is 24.3 Å². The number of benzene rings is 1. The third kappa shape index (κ3) is 1.54. The lowest BCUT2D eigenvalue weighted by molar-refractivity contribution is 0.540. The molecule has 3 aromatic rings. The van der Waals surface area contributed by atoms with E-state index in [9.17, 15) is 4.79 Å². The number of anilines is 1. The van der Waals surface area contributed by atoms with Crippen LogP contribution in [0.15, 0.2) is 35.4 Å². The fourth-order valence-electron chi connectivity index (χ4n) is 2.94. The molecule has 1 aliphatic carbocycles. The highest BCUT2D eigenvalue weighted by Crippen LogP contribution is 2.31. The van der Waals surface area contributed by atoms with Crippen LogP contribution in [-0.2, 0) is 12.8 Å². The van der Waals surface area contributed by atoms with Gasteiger partial charge in [0.2, 0.25) is 5.95 Å². The third-order valence-corrected chi connectivity index (χ3v) is 3.87. The van der Waals surface area contributed by atoms with Crippen LogP contribution < -0.4 is 11.3 Å². The zero-order valence-corrected chi connectivity index (χ0v) is 10.7. The molecular formula is C14H13N5O. The predicted molar refractivity (Wildman–Crippen MR) is 75.4 cm³/mol. The molecule has 0 bridgehead atoms. The van der Waals surface area contributed by atoms with Crippen LogP contribution in [0.4, 0.5) is 5.95 Å². The van der Waals surface area contributed by atoms with Crippen LogP contribution in [0.25, 0.3) is 11.2 Å². The van der Waals surface area contributed by atoms with Crippen molar-refractivity contribution in [2.45, 2.75) is 18.9 Å². The topological polar surface area (TPSA) is 89.6 Å². The van der Waals surface area contributed by atoms with Gasteiger partial charge in [-0.3, -0.25) is 9.78 Å². The van der Waals surface area contributed by atoms with Crippen molar-refractivity contribution in [3.05, 3.63) is 52.1 Å². The molecule has 100 valence electrons. The zero-order chi connectivity index (χ0) is 13.7. The molecule has 20 heavy (non-hydrogen) atoms. The Morgan fingerprint density at radius 1 is 1.25 bits per heavy atom. The van der Waals surface area contributed by atoms with Gasteiger partial charge in [-0.15, -0.1) is 0 Å². The summed E-state index contributed by atoms with van der Waals surface area (Å²) < 4.78 is 1.96. The summed E-state index contributed by atoms with van der Waals surface area (Å²) >= 11 is 0. The molecule has 0 aliphatic heterocycles. The minimum Gasteiger partial charge on any atom is -0.369 e. The molecule has 0 spiro atoms. The smallest absolute Gasteiger partial charge is 0.280 e. The Hall–Kier alpha value is -2.63. The van der Waals surface area contributed by atoms with Gasteiger partial charge in [0.1, 0.15) is 0 Å². The van der Waals surface area contributed by atoms with Gasteiger partial charge in [0.25, 0.3) is 5.56 Å². The van der Waals surface area contributed by atoms with Gasteiger partial charge in [0.15, 0.2) is 11.2 Å². The van der Waals surface area contributed by atoms with Crippen molar-refractivity contribution in [2.24, 2.45) is 0 Å². The van der Waals surface area contributed by atoms with E-state index < -0.39 is 0 Å². The molecule has 0 unspecified atom stereocenters. The first kappa shape index (κ1) is 11.2. The molecule has 2 heterocycles. The number of nitrogens with two attached hydrogens (primary N) is 1. The van der Waals surface area contributed by atoms with E-state index in [1.165, 1.54) is 11.1 Å². The van der Waals surface area contributed by atoms with Crippen LogP contribution >= 0.6 is 0 Å². The van der Waals surface area contributed by atoms with Gasteiger partial charge in [-0.25, -0.2) is 4.98 Å². The second-order valence-corrected chi connectivity index (χ2v) is 5.11. The zero-order valence-electron chi connectivity index (χ0n) is 10.7. The summed E-state index contributed by atoms with van der Waals surface area (Å²) in [7, 11) is 0. The number of nitrogens with zero attached hydrogens (tertiary/aromatic N) is 3. The van der Waals surface area contributed by atoms with E-state index in [1.807, 2.05) is 16.7 Å². The molecule has 6 nitrogen and oxygen atoms in total. The summed E-state index contributed by atoms with van der Waals surface area (Å²) in [6.07, 6.45) is 3.54. The normalized spacial score (nSPS) is 14.8. The Bertz CT molecular complexity index is 838. The van der Waals surface area contributed by atoms with Crippen LogP contribution in [0.3, 0.4) is 0 Å². The van der Waals surface area contributed by atoms with Crippen LogP contribution in [0.2, 0.25) is 0 Å². The monoisotopic (exact) mass is 267 g/mol. The standard InChI is InChI=1S/C14H13N5O/c15-14-17-12-11(13(20)18-14)16-7-19(12)10-5-8-3-1-2-4-9(8)6-10/h1-4,7,10H,5-6H2,(H3,15,17,18,20). The first-order chi connectivity index (χ1) is 9.72. The number of H-pyrrole nitrogens is 1. The van der Waals surface area contributed by atoms with Gasteiger partial charge in [0.05, 0.1) is 6.33 Å². The Balaban J connectivity index is 1.83. The number of hydrogen-bond donors (Lipinski definition) is 2. The van der Waals surface area contributed by atoms with Crippen molar-refractivity contribution in [2.75, 3.05) is 5.73 Å². The molecule has 0 fully saturated rings. The average molecular weight is 267 g/mol. The minimum atomic E-state index is -0.290. The van der Waals surface area contributed by atoms with Crippen LogP contribution in [-0.4, -0.2) is 19.5 Å². The number of rotatable bonds is 1. The second-order valence-electron chi connectivity index (χ2n) is 5.11. The van der Waals surface area contributed by atoms with Gasteiger partial charge >= 0.3 is 0 Å². The first-order valence-electron chi connectivity index (χ1n) is 6.51. The molecule has 4 rings (SSSR count). The van der Waals surface area contributed by atoms with E-state index in [2.05, 4.69) is 27.1 Å². The third-order valence-electron chi connectivity index (χ3n) is 3.87. The van der Waals surface area contributed by atoms with E-state index in [0.717, 1.165) is 12.8 Å². The highest BCUT2D eigenvalue weighted by atomic mass is 16.1. The van der Waals surface area contributed by atoms with E-state index >= 15 is 0 Å². The molecule has 2 aromatic heterocycles. The SMILES string of the molecule is Nc1nc2c(ncn2C2Cc3ccccc3C2)c(=O)[nH]1. The van der Waals surface area contributed by atoms with E-state index in [0.29, 0.717) is 11.2 Å². The van der Waals surface area contributed by atoms with Gasteiger partial charge in [-0.2, -0.15) is 4.98 Å². The Morgan fingerprint density at radius 3 is 2.65 bits per heavy atom. The van der Waals surface area contributed by atoms with Crippen LogP contribution in [0, 0.1) is 0 Å². The highest BCUT2D eigenvalue weighted by Gasteiger charge is 2.24. The molecular weight excluding hydrogens is 254 g/mol. The van der Waals surface area contributed by atoms with Crippen LogP contribution in [0.5, 0.6) is 0 Å². The quantitative estimate of drug-likeness (QED) is 0.689. The number of nitrogen functional groups attached to an aromatic ring is 1. The second kappa shape index (κ2) is 3.93. The van der Waals surface area contributed by atoms with Crippen molar-refractivity contribution in [3.63, 3.8) is 0 Å². The van der Waals surface area contributed by atoms with E-state index in [1.54, 1.807) is 6.33 Å². The fourth-order valence-corrected chi connectivity index (χ4v) is 2.94. The minimum absolute atomic E-state index is 0.125. The molecule has 0 amide bonds. The summed E-state index contributed by atoms with van der Waals surface area (Å²) in [4.78, 5) is 22.7. The van der Waals surface area contributed by atoms with Gasteiger partial charge in [-0.05, 0) is 24.0 Å². The molecule has 0 saturated carbocycles. The Morgan fingerprint density at radius 2 is 1.95 bits per heavy atom. The number of aromatic nitrogens is 4. The summed E-state index contributed by atoms with van der Waals surface area (Å²) in [5, 5.41) is 0. The number of fused-ring (bicyclic) bond motifs is 2.